The number of aromatic amines is 1. The molecule has 3 aromatic rings. The average molecular weight is 458 g/mol. The Morgan fingerprint density at radius 1 is 1.09 bits per heavy atom. The van der Waals surface area contributed by atoms with Crippen LogP contribution in [0, 0.1) is 4.77 Å². The lowest BCUT2D eigenvalue weighted by molar-refractivity contribution is 0.324. The number of aromatic nitrogens is 3. The van der Waals surface area contributed by atoms with E-state index in [2.05, 4.69) is 34.0 Å². The van der Waals surface area contributed by atoms with E-state index >= 15 is 0 Å². The van der Waals surface area contributed by atoms with Gasteiger partial charge in [0.05, 0.1) is 27.5 Å². The maximum atomic E-state index is 10.5. The summed E-state index contributed by atoms with van der Waals surface area (Å²) in [6.07, 6.45) is 1.54. The zero-order chi connectivity index (χ0) is 23.3. The molecule has 0 saturated carbocycles. The van der Waals surface area contributed by atoms with Gasteiger partial charge in [0.15, 0.2) is 17.3 Å². The molecule has 32 heavy (non-hydrogen) atoms. The fraction of sp³-hybridized carbons (Fsp3) is 0.318. The zero-order valence-electron chi connectivity index (χ0n) is 18.7. The average Bonchev–Trinajstić information content (AvgIpc) is 3.18. The lowest BCUT2D eigenvalue weighted by Crippen LogP contribution is -2.21. The molecule has 0 radical (unpaired) electrons. The number of H-pyrrole nitrogens is 1. The normalized spacial score (nSPS) is 11.0. The summed E-state index contributed by atoms with van der Waals surface area (Å²) in [5, 5.41) is 22.0. The summed E-state index contributed by atoms with van der Waals surface area (Å²) in [7, 11) is 4.63. The number of aromatic hydroxyl groups is 1. The molecule has 0 spiro atoms. The SMILES string of the molecule is CCN(CC)c1ccc(C=Nn2c(-c3cc(OC)c(OC)c(OC)c3)n[nH]c2=S)c(O)c1. The molecular weight excluding hydrogens is 430 g/mol. The van der Waals surface area contributed by atoms with E-state index in [9.17, 15) is 5.11 Å². The van der Waals surface area contributed by atoms with Gasteiger partial charge in [0.1, 0.15) is 5.75 Å². The molecule has 170 valence electrons. The van der Waals surface area contributed by atoms with E-state index < -0.39 is 0 Å². The van der Waals surface area contributed by atoms with Gasteiger partial charge in [-0.1, -0.05) is 0 Å². The van der Waals surface area contributed by atoms with E-state index in [-0.39, 0.29) is 5.75 Å². The minimum atomic E-state index is 0.127. The van der Waals surface area contributed by atoms with E-state index in [1.54, 1.807) is 39.5 Å². The van der Waals surface area contributed by atoms with Crippen LogP contribution in [-0.4, -0.2) is 60.6 Å². The Morgan fingerprint density at radius 3 is 2.28 bits per heavy atom. The Morgan fingerprint density at radius 2 is 1.75 bits per heavy atom. The molecule has 0 saturated heterocycles. The number of hydrogen-bond donors (Lipinski definition) is 2. The third kappa shape index (κ3) is 4.54. The van der Waals surface area contributed by atoms with Gasteiger partial charge in [-0.15, -0.1) is 0 Å². The predicted molar refractivity (Wildman–Crippen MR) is 127 cm³/mol. The number of hydrogen-bond acceptors (Lipinski definition) is 8. The van der Waals surface area contributed by atoms with Crippen LogP contribution in [0.4, 0.5) is 5.69 Å². The Hall–Kier alpha value is -3.53. The van der Waals surface area contributed by atoms with Crippen molar-refractivity contribution < 1.29 is 19.3 Å². The number of benzene rings is 2. The standard InChI is InChI=1S/C22H27N5O4S/c1-6-26(7-2)16-9-8-14(17(28)12-16)13-23-27-21(24-25-22(27)32)15-10-18(29-3)20(31-5)19(11-15)30-4/h8-13,28H,6-7H2,1-5H3,(H,25,32). The van der Waals surface area contributed by atoms with Crippen molar-refractivity contribution in [2.24, 2.45) is 5.10 Å². The number of nitrogens with zero attached hydrogens (tertiary/aromatic N) is 4. The summed E-state index contributed by atoms with van der Waals surface area (Å²) in [5.41, 5.74) is 2.16. The highest BCUT2D eigenvalue weighted by Crippen LogP contribution is 2.40. The van der Waals surface area contributed by atoms with Gasteiger partial charge in [-0.2, -0.15) is 14.9 Å². The Labute approximate surface area is 191 Å². The van der Waals surface area contributed by atoms with Crippen LogP contribution < -0.4 is 19.1 Å². The molecule has 2 N–H and O–H groups in total. The quantitative estimate of drug-likeness (QED) is 0.369. The number of methoxy groups -OCH3 is 3. The summed E-state index contributed by atoms with van der Waals surface area (Å²) in [6.45, 7) is 5.85. The summed E-state index contributed by atoms with van der Waals surface area (Å²) in [4.78, 5) is 2.15. The van der Waals surface area contributed by atoms with E-state index in [4.69, 9.17) is 26.4 Å². The predicted octanol–water partition coefficient (Wildman–Crippen LogP) is 4.07. The Bertz CT molecular complexity index is 1140. The minimum Gasteiger partial charge on any atom is -0.507 e. The lowest BCUT2D eigenvalue weighted by Gasteiger charge is -2.21. The second-order valence-electron chi connectivity index (χ2n) is 6.74. The fourth-order valence-electron chi connectivity index (χ4n) is 3.34. The molecule has 0 fully saturated rings. The van der Waals surface area contributed by atoms with Gasteiger partial charge in [-0.05, 0) is 50.3 Å². The molecular formula is C22H27N5O4S. The Balaban J connectivity index is 2.01. The molecule has 10 heteroatoms. The molecule has 1 heterocycles. The number of rotatable bonds is 9. The van der Waals surface area contributed by atoms with Crippen molar-refractivity contribution in [2.45, 2.75) is 13.8 Å². The third-order valence-corrected chi connectivity index (χ3v) is 5.29. The van der Waals surface area contributed by atoms with Crippen LogP contribution in [0.2, 0.25) is 0 Å². The smallest absolute Gasteiger partial charge is 0.216 e. The van der Waals surface area contributed by atoms with Crippen molar-refractivity contribution in [3.05, 3.63) is 40.7 Å². The van der Waals surface area contributed by atoms with Gasteiger partial charge in [0.25, 0.3) is 0 Å². The third-order valence-electron chi connectivity index (χ3n) is 5.03. The maximum Gasteiger partial charge on any atom is 0.216 e. The summed E-state index contributed by atoms with van der Waals surface area (Å²) >= 11 is 5.35. The highest BCUT2D eigenvalue weighted by atomic mass is 32.1. The van der Waals surface area contributed by atoms with Crippen LogP contribution >= 0.6 is 12.2 Å². The van der Waals surface area contributed by atoms with Crippen LogP contribution in [0.1, 0.15) is 19.4 Å². The van der Waals surface area contributed by atoms with Crippen LogP contribution in [0.5, 0.6) is 23.0 Å². The minimum absolute atomic E-state index is 0.127. The van der Waals surface area contributed by atoms with Gasteiger partial charge >= 0.3 is 0 Å². The molecule has 3 rings (SSSR count). The monoisotopic (exact) mass is 457 g/mol. The first kappa shape index (κ1) is 23.1. The van der Waals surface area contributed by atoms with E-state index in [0.29, 0.717) is 39.0 Å². The second-order valence-corrected chi connectivity index (χ2v) is 7.12. The summed E-state index contributed by atoms with van der Waals surface area (Å²) in [6, 6.07) is 9.00. The van der Waals surface area contributed by atoms with Crippen LogP contribution in [0.15, 0.2) is 35.4 Å². The summed E-state index contributed by atoms with van der Waals surface area (Å²) in [5.74, 6) is 2.01. The maximum absolute atomic E-state index is 10.5. The van der Waals surface area contributed by atoms with Crippen molar-refractivity contribution in [1.82, 2.24) is 14.9 Å². The van der Waals surface area contributed by atoms with E-state index in [1.165, 1.54) is 10.9 Å². The molecule has 2 aromatic carbocycles. The molecule has 9 nitrogen and oxygen atoms in total. The van der Waals surface area contributed by atoms with Crippen LogP contribution in [-0.2, 0) is 0 Å². The number of anilines is 1. The first-order chi connectivity index (χ1) is 15.5. The molecule has 0 atom stereocenters. The first-order valence-corrected chi connectivity index (χ1v) is 10.5. The number of nitrogens with one attached hydrogen (secondary N) is 1. The van der Waals surface area contributed by atoms with Crippen LogP contribution in [0.25, 0.3) is 11.4 Å². The summed E-state index contributed by atoms with van der Waals surface area (Å²) < 4.78 is 18.0. The largest absolute Gasteiger partial charge is 0.507 e. The number of phenols is 1. The zero-order valence-corrected chi connectivity index (χ0v) is 19.6. The number of phenolic OH excluding ortho intramolecular Hbond substituents is 1. The molecule has 0 amide bonds. The topological polar surface area (TPSA) is 97.1 Å². The van der Waals surface area contributed by atoms with Crippen molar-refractivity contribution in [3.63, 3.8) is 0 Å². The van der Waals surface area contributed by atoms with E-state index in [1.807, 2.05) is 12.1 Å². The van der Waals surface area contributed by atoms with Gasteiger partial charge in [0.2, 0.25) is 10.5 Å². The second kappa shape index (κ2) is 10.2. The van der Waals surface area contributed by atoms with Crippen molar-refractivity contribution >= 4 is 24.1 Å². The molecule has 0 aliphatic heterocycles. The molecule has 0 aliphatic carbocycles. The molecule has 0 unspecified atom stereocenters. The Kier molecular flexibility index (Phi) is 7.37. The van der Waals surface area contributed by atoms with E-state index in [0.717, 1.165) is 18.8 Å². The number of ether oxygens (including phenoxy) is 3. The van der Waals surface area contributed by atoms with Gasteiger partial charge in [0, 0.05) is 36.0 Å². The van der Waals surface area contributed by atoms with Crippen molar-refractivity contribution in [1.29, 1.82) is 0 Å². The van der Waals surface area contributed by atoms with Gasteiger partial charge in [-0.25, -0.2) is 5.10 Å². The van der Waals surface area contributed by atoms with Crippen molar-refractivity contribution in [3.8, 4) is 34.4 Å². The highest BCUT2D eigenvalue weighted by molar-refractivity contribution is 7.71. The molecule has 0 bridgehead atoms. The first-order valence-electron chi connectivity index (χ1n) is 10.1. The van der Waals surface area contributed by atoms with Crippen LogP contribution in [0.3, 0.4) is 0 Å². The lowest BCUT2D eigenvalue weighted by atomic mass is 10.1. The molecule has 0 aliphatic rings. The van der Waals surface area contributed by atoms with Crippen molar-refractivity contribution in [2.75, 3.05) is 39.3 Å². The van der Waals surface area contributed by atoms with Gasteiger partial charge < -0.3 is 24.2 Å². The highest BCUT2D eigenvalue weighted by Gasteiger charge is 2.17. The fourth-order valence-corrected chi connectivity index (χ4v) is 3.52. The van der Waals surface area contributed by atoms with Gasteiger partial charge in [-0.3, -0.25) is 0 Å². The molecule has 1 aromatic heterocycles.